The number of nitrogens with zero attached hydrogens (tertiary/aromatic N) is 1. The molecule has 0 N–H and O–H groups in total. The number of hydrogen-bond donors (Lipinski definition) is 0. The third-order valence-electron chi connectivity index (χ3n) is 3.72. The van der Waals surface area contributed by atoms with Crippen LogP contribution in [0.2, 0.25) is 5.02 Å². The molecule has 2 aromatic carbocycles. The fraction of sp³-hybridized carbons (Fsp3) is 0.188. The van der Waals surface area contributed by atoms with Crippen LogP contribution in [-0.2, 0) is 9.84 Å². The van der Waals surface area contributed by atoms with Gasteiger partial charge in [0.1, 0.15) is 5.88 Å². The molecule has 0 saturated heterocycles. The first-order valence-corrected chi connectivity index (χ1v) is 9.33. The van der Waals surface area contributed by atoms with E-state index in [9.17, 15) is 26.4 Å². The molecular weight excluding hydrogens is 411 g/mol. The maximum atomic E-state index is 12.8. The van der Waals surface area contributed by atoms with Crippen LogP contribution in [0.5, 0.6) is 11.5 Å². The number of rotatable bonds is 3. The van der Waals surface area contributed by atoms with Gasteiger partial charge in [-0.2, -0.15) is 0 Å². The molecule has 2 aromatic rings. The van der Waals surface area contributed by atoms with Crippen molar-refractivity contribution in [3.63, 3.8) is 0 Å². The summed E-state index contributed by atoms with van der Waals surface area (Å²) in [5, 5.41) is -0.294. The number of carbonyl (C=O) groups excluding carboxylic acids is 1. The first-order chi connectivity index (χ1) is 12.5. The average molecular weight is 422 g/mol. The molecule has 0 bridgehead atoms. The summed E-state index contributed by atoms with van der Waals surface area (Å²) in [5.41, 5.74) is -0.153. The van der Waals surface area contributed by atoms with Crippen molar-refractivity contribution < 1.29 is 35.9 Å². The minimum Gasteiger partial charge on any atom is -0.491 e. The van der Waals surface area contributed by atoms with Crippen molar-refractivity contribution >= 4 is 33.0 Å². The topological polar surface area (TPSA) is 72.9 Å². The highest BCUT2D eigenvalue weighted by atomic mass is 35.5. The molecule has 0 saturated carbocycles. The number of anilines is 1. The van der Waals surface area contributed by atoms with E-state index < -0.39 is 39.5 Å². The standard InChI is InChI=1S/C16H11ClF3NO5S/c1-25-14-10(17)6-9(7-12(14)26-16(18,19)20)15(22)21-8-27(23,24)13-5-3-2-4-11(13)21/h2-7H,8H2,1H3. The first kappa shape index (κ1) is 19.3. The van der Waals surface area contributed by atoms with Crippen molar-refractivity contribution in [2.45, 2.75) is 11.3 Å². The van der Waals surface area contributed by atoms with Gasteiger partial charge < -0.3 is 9.47 Å². The molecule has 11 heteroatoms. The van der Waals surface area contributed by atoms with Crippen LogP contribution >= 0.6 is 11.6 Å². The van der Waals surface area contributed by atoms with Gasteiger partial charge in [0.05, 0.1) is 22.7 Å². The van der Waals surface area contributed by atoms with Crippen LogP contribution in [0.1, 0.15) is 10.4 Å². The lowest BCUT2D eigenvalue weighted by molar-refractivity contribution is -0.275. The number of halogens is 4. The molecule has 144 valence electrons. The van der Waals surface area contributed by atoms with Crippen molar-refractivity contribution in [3.05, 3.63) is 47.0 Å². The van der Waals surface area contributed by atoms with Gasteiger partial charge in [0, 0.05) is 5.56 Å². The molecular formula is C16H11ClF3NO5S. The van der Waals surface area contributed by atoms with Gasteiger partial charge in [-0.25, -0.2) is 8.42 Å². The second-order valence-electron chi connectivity index (χ2n) is 5.48. The molecule has 0 aliphatic carbocycles. The second kappa shape index (κ2) is 6.61. The Balaban J connectivity index is 2.06. The highest BCUT2D eigenvalue weighted by molar-refractivity contribution is 7.92. The SMILES string of the molecule is COc1c(Cl)cc(C(=O)N2CS(=O)(=O)c3ccccc32)cc1OC(F)(F)F. The summed E-state index contributed by atoms with van der Waals surface area (Å²) in [5.74, 6) is -2.69. The van der Waals surface area contributed by atoms with E-state index in [4.69, 9.17) is 16.3 Å². The first-order valence-electron chi connectivity index (χ1n) is 7.30. The maximum absolute atomic E-state index is 12.8. The normalized spacial score (nSPS) is 15.4. The highest BCUT2D eigenvalue weighted by Crippen LogP contribution is 2.40. The number of para-hydroxylation sites is 1. The van der Waals surface area contributed by atoms with Crippen molar-refractivity contribution in [1.82, 2.24) is 0 Å². The zero-order valence-corrected chi connectivity index (χ0v) is 15.2. The van der Waals surface area contributed by atoms with Crippen LogP contribution in [-0.4, -0.2) is 33.7 Å². The summed E-state index contributed by atoms with van der Waals surface area (Å²) in [6, 6.07) is 7.70. The van der Waals surface area contributed by atoms with Crippen LogP contribution in [0.3, 0.4) is 0 Å². The van der Waals surface area contributed by atoms with Gasteiger partial charge in [-0.05, 0) is 24.3 Å². The van der Waals surface area contributed by atoms with Crippen molar-refractivity contribution in [1.29, 1.82) is 0 Å². The summed E-state index contributed by atoms with van der Waals surface area (Å²) in [4.78, 5) is 13.7. The molecule has 0 unspecified atom stereocenters. The largest absolute Gasteiger partial charge is 0.573 e. The fourth-order valence-electron chi connectivity index (χ4n) is 2.67. The number of sulfone groups is 1. The molecule has 6 nitrogen and oxygen atoms in total. The highest BCUT2D eigenvalue weighted by Gasteiger charge is 2.37. The van der Waals surface area contributed by atoms with Gasteiger partial charge in [-0.15, -0.1) is 13.2 Å². The number of carbonyl (C=O) groups is 1. The van der Waals surface area contributed by atoms with E-state index in [1.165, 1.54) is 18.2 Å². The van der Waals surface area contributed by atoms with Crippen molar-refractivity contribution in [2.75, 3.05) is 17.9 Å². The monoisotopic (exact) mass is 421 g/mol. The smallest absolute Gasteiger partial charge is 0.491 e. The summed E-state index contributed by atoms with van der Waals surface area (Å²) < 4.78 is 71.0. The van der Waals surface area contributed by atoms with E-state index >= 15 is 0 Å². The summed E-state index contributed by atoms with van der Waals surface area (Å²) in [6.45, 7) is 0. The van der Waals surface area contributed by atoms with Crippen LogP contribution in [0, 0.1) is 0 Å². The molecule has 0 fully saturated rings. The van der Waals surface area contributed by atoms with E-state index in [0.29, 0.717) is 0 Å². The number of ether oxygens (including phenoxy) is 2. The van der Waals surface area contributed by atoms with Crippen LogP contribution in [0.25, 0.3) is 0 Å². The summed E-state index contributed by atoms with van der Waals surface area (Å²) in [7, 11) is -2.64. The third kappa shape index (κ3) is 3.67. The Labute approximate surface area is 157 Å². The number of fused-ring (bicyclic) bond motifs is 1. The fourth-order valence-corrected chi connectivity index (χ4v) is 4.47. The molecule has 1 amide bonds. The van der Waals surface area contributed by atoms with Gasteiger partial charge in [0.2, 0.25) is 0 Å². The molecule has 0 atom stereocenters. The van der Waals surface area contributed by atoms with Crippen molar-refractivity contribution in [3.8, 4) is 11.5 Å². The number of alkyl halides is 3. The van der Waals surface area contributed by atoms with E-state index in [1.807, 2.05) is 0 Å². The number of benzene rings is 2. The zero-order valence-electron chi connectivity index (χ0n) is 13.6. The van der Waals surface area contributed by atoms with Gasteiger partial charge in [-0.1, -0.05) is 23.7 Å². The van der Waals surface area contributed by atoms with Crippen molar-refractivity contribution in [2.24, 2.45) is 0 Å². The molecule has 27 heavy (non-hydrogen) atoms. The van der Waals surface area contributed by atoms with Gasteiger partial charge in [0.15, 0.2) is 21.3 Å². The van der Waals surface area contributed by atoms with E-state index in [-0.39, 0.29) is 21.2 Å². The number of methoxy groups -OCH3 is 1. The lowest BCUT2D eigenvalue weighted by Gasteiger charge is -2.18. The average Bonchev–Trinajstić information content (AvgIpc) is 2.84. The summed E-state index contributed by atoms with van der Waals surface area (Å²) >= 11 is 5.91. The Hall–Kier alpha value is -2.46. The van der Waals surface area contributed by atoms with Crippen LogP contribution in [0.4, 0.5) is 18.9 Å². The Morgan fingerprint density at radius 1 is 1.22 bits per heavy atom. The zero-order chi connectivity index (χ0) is 20.0. The van der Waals surface area contributed by atoms with Gasteiger partial charge >= 0.3 is 6.36 Å². The maximum Gasteiger partial charge on any atom is 0.573 e. The molecule has 0 radical (unpaired) electrons. The predicted octanol–water partition coefficient (Wildman–Crippen LogP) is 3.64. The Bertz CT molecular complexity index is 1020. The molecule has 1 aliphatic rings. The molecule has 0 aromatic heterocycles. The predicted molar refractivity (Wildman–Crippen MR) is 90.0 cm³/mol. The molecule has 0 spiro atoms. The van der Waals surface area contributed by atoms with E-state index in [0.717, 1.165) is 24.1 Å². The van der Waals surface area contributed by atoms with E-state index in [2.05, 4.69) is 4.74 Å². The van der Waals surface area contributed by atoms with Crippen LogP contribution < -0.4 is 14.4 Å². The third-order valence-corrected chi connectivity index (χ3v) is 5.62. The quantitative estimate of drug-likeness (QED) is 0.756. The second-order valence-corrected chi connectivity index (χ2v) is 7.82. The lowest BCUT2D eigenvalue weighted by atomic mass is 10.1. The number of hydrogen-bond acceptors (Lipinski definition) is 5. The Kier molecular flexibility index (Phi) is 4.73. The Morgan fingerprint density at radius 3 is 2.52 bits per heavy atom. The Morgan fingerprint density at radius 2 is 1.89 bits per heavy atom. The minimum atomic E-state index is -5.04. The summed E-state index contributed by atoms with van der Waals surface area (Å²) in [6.07, 6.45) is -5.04. The van der Waals surface area contributed by atoms with E-state index in [1.54, 1.807) is 6.07 Å². The van der Waals surface area contributed by atoms with Gasteiger partial charge in [-0.3, -0.25) is 9.69 Å². The molecule has 1 aliphatic heterocycles. The molecule has 1 heterocycles. The number of amides is 1. The lowest BCUT2D eigenvalue weighted by Crippen LogP contribution is -2.30. The minimum absolute atomic E-state index is 0.0373. The van der Waals surface area contributed by atoms with Gasteiger partial charge in [0.25, 0.3) is 5.91 Å². The molecule has 3 rings (SSSR count). The van der Waals surface area contributed by atoms with Crippen LogP contribution in [0.15, 0.2) is 41.3 Å².